The highest BCUT2D eigenvalue weighted by molar-refractivity contribution is 5.29. The molecule has 1 aromatic rings. The standard InChI is InChI=1S/C14H15NO2/c15-9-14(8-12-5-6-13(14)17-12)7-10-1-3-11(16)4-2-10/h1-4,12-13,16H,5-8H2. The molecule has 3 atom stereocenters. The number of ether oxygens (including phenoxy) is 1. The van der Waals surface area contributed by atoms with E-state index in [2.05, 4.69) is 6.07 Å². The third-order valence-electron chi connectivity index (χ3n) is 3.99. The van der Waals surface area contributed by atoms with Crippen molar-refractivity contribution in [3.8, 4) is 11.8 Å². The molecule has 1 aromatic carbocycles. The van der Waals surface area contributed by atoms with E-state index < -0.39 is 0 Å². The maximum atomic E-state index is 9.48. The molecule has 0 aromatic heterocycles. The topological polar surface area (TPSA) is 53.2 Å². The van der Waals surface area contributed by atoms with Gasteiger partial charge in [-0.2, -0.15) is 5.26 Å². The summed E-state index contributed by atoms with van der Waals surface area (Å²) in [5.41, 5.74) is 0.750. The van der Waals surface area contributed by atoms with Crippen LogP contribution in [0, 0.1) is 16.7 Å². The van der Waals surface area contributed by atoms with Crippen LogP contribution in [0.4, 0.5) is 0 Å². The predicted molar refractivity (Wildman–Crippen MR) is 62.4 cm³/mol. The monoisotopic (exact) mass is 229 g/mol. The summed E-state index contributed by atoms with van der Waals surface area (Å²) < 4.78 is 5.80. The second kappa shape index (κ2) is 3.75. The molecular formula is C14H15NO2. The van der Waals surface area contributed by atoms with E-state index in [1.807, 2.05) is 12.1 Å². The fourth-order valence-corrected chi connectivity index (χ4v) is 3.12. The zero-order chi connectivity index (χ0) is 11.9. The lowest BCUT2D eigenvalue weighted by atomic mass is 9.71. The number of hydrogen-bond acceptors (Lipinski definition) is 3. The number of rotatable bonds is 2. The molecule has 2 bridgehead atoms. The minimum atomic E-state index is -0.347. The molecule has 88 valence electrons. The molecule has 0 aliphatic carbocycles. The van der Waals surface area contributed by atoms with Crippen molar-refractivity contribution < 1.29 is 9.84 Å². The Morgan fingerprint density at radius 2 is 2.12 bits per heavy atom. The zero-order valence-electron chi connectivity index (χ0n) is 9.60. The van der Waals surface area contributed by atoms with Gasteiger partial charge in [-0.1, -0.05) is 12.1 Å². The highest BCUT2D eigenvalue weighted by Crippen LogP contribution is 2.49. The van der Waals surface area contributed by atoms with Crippen molar-refractivity contribution >= 4 is 0 Å². The average molecular weight is 229 g/mol. The van der Waals surface area contributed by atoms with Gasteiger partial charge < -0.3 is 9.84 Å². The van der Waals surface area contributed by atoms with E-state index in [0.29, 0.717) is 0 Å². The van der Waals surface area contributed by atoms with Crippen LogP contribution in [0.2, 0.25) is 0 Å². The van der Waals surface area contributed by atoms with Gasteiger partial charge in [0.25, 0.3) is 0 Å². The van der Waals surface area contributed by atoms with Gasteiger partial charge in [0.2, 0.25) is 0 Å². The molecule has 2 saturated heterocycles. The third kappa shape index (κ3) is 1.69. The first kappa shape index (κ1) is 10.6. The largest absolute Gasteiger partial charge is 0.508 e. The van der Waals surface area contributed by atoms with Gasteiger partial charge >= 0.3 is 0 Å². The van der Waals surface area contributed by atoms with Gasteiger partial charge in [-0.3, -0.25) is 0 Å². The van der Waals surface area contributed by atoms with E-state index >= 15 is 0 Å². The van der Waals surface area contributed by atoms with Gasteiger partial charge in [0.05, 0.1) is 23.7 Å². The molecule has 2 aliphatic heterocycles. The predicted octanol–water partition coefficient (Wildman–Crippen LogP) is 2.40. The van der Waals surface area contributed by atoms with Crippen molar-refractivity contribution in [3.05, 3.63) is 29.8 Å². The molecule has 0 spiro atoms. The van der Waals surface area contributed by atoms with E-state index in [-0.39, 0.29) is 23.4 Å². The van der Waals surface area contributed by atoms with Gasteiger partial charge in [0.1, 0.15) is 5.75 Å². The van der Waals surface area contributed by atoms with Crippen LogP contribution in [0.1, 0.15) is 24.8 Å². The number of nitriles is 1. The number of phenolic OH excluding ortho intramolecular Hbond substituents is 1. The number of benzene rings is 1. The second-order valence-corrected chi connectivity index (χ2v) is 5.14. The quantitative estimate of drug-likeness (QED) is 0.847. The van der Waals surface area contributed by atoms with Crippen LogP contribution in [0.5, 0.6) is 5.75 Å². The van der Waals surface area contributed by atoms with Gasteiger partial charge in [0, 0.05) is 0 Å². The summed E-state index contributed by atoms with van der Waals surface area (Å²) in [7, 11) is 0. The van der Waals surface area contributed by atoms with Crippen molar-refractivity contribution in [3.63, 3.8) is 0 Å². The van der Waals surface area contributed by atoms with E-state index in [9.17, 15) is 10.4 Å². The van der Waals surface area contributed by atoms with Crippen LogP contribution in [0.3, 0.4) is 0 Å². The SMILES string of the molecule is N#CC1(Cc2ccc(O)cc2)CC2CCC1O2. The Bertz CT molecular complexity index is 462. The smallest absolute Gasteiger partial charge is 0.115 e. The van der Waals surface area contributed by atoms with Gasteiger partial charge in [-0.05, 0) is 43.4 Å². The number of nitrogens with zero attached hydrogens (tertiary/aromatic N) is 1. The zero-order valence-corrected chi connectivity index (χ0v) is 9.60. The van der Waals surface area contributed by atoms with Crippen LogP contribution in [0.25, 0.3) is 0 Å². The number of phenols is 1. The van der Waals surface area contributed by atoms with Crippen molar-refractivity contribution in [1.82, 2.24) is 0 Å². The van der Waals surface area contributed by atoms with Crippen molar-refractivity contribution in [1.29, 1.82) is 5.26 Å². The molecule has 3 nitrogen and oxygen atoms in total. The van der Waals surface area contributed by atoms with Gasteiger partial charge in [-0.25, -0.2) is 0 Å². The number of hydrogen-bond donors (Lipinski definition) is 1. The van der Waals surface area contributed by atoms with Crippen LogP contribution < -0.4 is 0 Å². The van der Waals surface area contributed by atoms with Gasteiger partial charge in [-0.15, -0.1) is 0 Å². The fourth-order valence-electron chi connectivity index (χ4n) is 3.12. The normalized spacial score (nSPS) is 34.8. The highest BCUT2D eigenvalue weighted by Gasteiger charge is 2.52. The first-order chi connectivity index (χ1) is 8.22. The Morgan fingerprint density at radius 1 is 1.35 bits per heavy atom. The van der Waals surface area contributed by atoms with Crippen LogP contribution >= 0.6 is 0 Å². The van der Waals surface area contributed by atoms with E-state index in [1.165, 1.54) is 0 Å². The number of aromatic hydroxyl groups is 1. The summed E-state index contributed by atoms with van der Waals surface area (Å²) in [5.74, 6) is 0.268. The van der Waals surface area contributed by atoms with Crippen LogP contribution in [-0.2, 0) is 11.2 Å². The summed E-state index contributed by atoms with van der Waals surface area (Å²) >= 11 is 0. The molecule has 0 radical (unpaired) electrons. The first-order valence-corrected chi connectivity index (χ1v) is 6.06. The number of fused-ring (bicyclic) bond motifs is 2. The molecule has 2 heterocycles. The average Bonchev–Trinajstić information content (AvgIpc) is 2.93. The molecule has 3 rings (SSSR count). The second-order valence-electron chi connectivity index (χ2n) is 5.14. The molecule has 17 heavy (non-hydrogen) atoms. The molecule has 2 fully saturated rings. The molecule has 1 N–H and O–H groups in total. The summed E-state index contributed by atoms with van der Waals surface area (Å²) in [4.78, 5) is 0. The summed E-state index contributed by atoms with van der Waals surface area (Å²) in [5, 5.41) is 18.7. The molecule has 3 heteroatoms. The van der Waals surface area contributed by atoms with Crippen LogP contribution in [-0.4, -0.2) is 17.3 Å². The third-order valence-corrected chi connectivity index (χ3v) is 3.99. The minimum Gasteiger partial charge on any atom is -0.508 e. The minimum absolute atomic E-state index is 0.103. The summed E-state index contributed by atoms with van der Waals surface area (Å²) in [6, 6.07) is 9.61. The maximum Gasteiger partial charge on any atom is 0.115 e. The van der Waals surface area contributed by atoms with Crippen LogP contribution in [0.15, 0.2) is 24.3 Å². The Balaban J connectivity index is 1.84. The molecule has 0 amide bonds. The van der Waals surface area contributed by atoms with E-state index in [0.717, 1.165) is 31.2 Å². The lowest BCUT2D eigenvalue weighted by molar-refractivity contribution is 0.0787. The highest BCUT2D eigenvalue weighted by atomic mass is 16.5. The van der Waals surface area contributed by atoms with E-state index in [4.69, 9.17) is 4.74 Å². The Labute approximate surface area is 101 Å². The maximum absolute atomic E-state index is 9.48. The summed E-state index contributed by atoms with van der Waals surface area (Å²) in [6.45, 7) is 0. The molecule has 0 saturated carbocycles. The first-order valence-electron chi connectivity index (χ1n) is 6.06. The Hall–Kier alpha value is -1.53. The molecule has 2 aliphatic rings. The van der Waals surface area contributed by atoms with Crippen molar-refractivity contribution in [2.45, 2.75) is 37.9 Å². The van der Waals surface area contributed by atoms with Gasteiger partial charge in [0.15, 0.2) is 0 Å². The lowest BCUT2D eigenvalue weighted by Gasteiger charge is -2.28. The Morgan fingerprint density at radius 3 is 2.65 bits per heavy atom. The van der Waals surface area contributed by atoms with Crippen molar-refractivity contribution in [2.24, 2.45) is 5.41 Å². The summed E-state index contributed by atoms with van der Waals surface area (Å²) in [6.07, 6.45) is 4.09. The molecular weight excluding hydrogens is 214 g/mol. The van der Waals surface area contributed by atoms with Crippen molar-refractivity contribution in [2.75, 3.05) is 0 Å². The molecule has 3 unspecified atom stereocenters. The fraction of sp³-hybridized carbons (Fsp3) is 0.500. The Kier molecular flexibility index (Phi) is 2.34. The van der Waals surface area contributed by atoms with E-state index in [1.54, 1.807) is 12.1 Å². The lowest BCUT2D eigenvalue weighted by Crippen LogP contribution is -2.33.